The maximum absolute atomic E-state index is 12.2. The second kappa shape index (κ2) is 6.10. The van der Waals surface area contributed by atoms with Crippen molar-refractivity contribution in [3.8, 4) is 10.6 Å². The van der Waals surface area contributed by atoms with E-state index in [1.807, 2.05) is 42.5 Å². The van der Waals surface area contributed by atoms with Gasteiger partial charge < -0.3 is 5.32 Å². The zero-order chi connectivity index (χ0) is 16.5. The smallest absolute Gasteiger partial charge is 0.269 e. The molecule has 0 bridgehead atoms. The van der Waals surface area contributed by atoms with Gasteiger partial charge in [-0.25, -0.2) is 4.98 Å². The number of anilines is 1. The number of nitrogens with one attached hydrogen (secondary N) is 1. The van der Waals surface area contributed by atoms with E-state index < -0.39 is 0 Å². The van der Waals surface area contributed by atoms with Crippen LogP contribution in [-0.2, 0) is 0 Å². The topological polar surface area (TPSA) is 67.8 Å². The van der Waals surface area contributed by atoms with Crippen molar-refractivity contribution in [2.75, 3.05) is 5.32 Å². The summed E-state index contributed by atoms with van der Waals surface area (Å²) in [6.45, 7) is 1.77. The van der Waals surface area contributed by atoms with Gasteiger partial charge in [-0.05, 0) is 54.9 Å². The van der Waals surface area contributed by atoms with Crippen LogP contribution in [0.3, 0.4) is 0 Å². The van der Waals surface area contributed by atoms with E-state index in [1.54, 1.807) is 18.3 Å². The molecule has 0 spiro atoms. The predicted octanol–water partition coefficient (Wildman–Crippen LogP) is 4.38. The fourth-order valence-electron chi connectivity index (χ4n) is 2.32. The monoisotopic (exact) mass is 352 g/mol. The van der Waals surface area contributed by atoms with Gasteiger partial charge in [-0.2, -0.15) is 0 Å². The molecule has 0 aliphatic rings. The number of para-hydroxylation sites is 1. The number of fused-ring (bicyclic) bond motifs is 1. The summed E-state index contributed by atoms with van der Waals surface area (Å²) in [6.07, 6.45) is 0. The largest absolute Gasteiger partial charge is 0.321 e. The highest BCUT2D eigenvalue weighted by atomic mass is 32.1. The van der Waals surface area contributed by atoms with Crippen LogP contribution in [0.4, 0.5) is 5.69 Å². The summed E-state index contributed by atoms with van der Waals surface area (Å²) >= 11 is 2.75. The molecule has 0 atom stereocenters. The average Bonchev–Trinajstić information content (AvgIpc) is 3.21. The van der Waals surface area contributed by atoms with Crippen LogP contribution >= 0.6 is 22.9 Å². The van der Waals surface area contributed by atoms with Crippen molar-refractivity contribution in [3.05, 3.63) is 59.1 Å². The van der Waals surface area contributed by atoms with Gasteiger partial charge in [0.2, 0.25) is 0 Å². The third-order valence-corrected chi connectivity index (χ3v) is 5.45. The van der Waals surface area contributed by atoms with Gasteiger partial charge in [0.1, 0.15) is 9.88 Å². The maximum atomic E-state index is 12.2. The molecule has 1 amide bonds. The lowest BCUT2D eigenvalue weighted by molar-refractivity contribution is 0.103. The molecule has 4 aromatic rings. The van der Waals surface area contributed by atoms with Crippen molar-refractivity contribution in [3.63, 3.8) is 0 Å². The van der Waals surface area contributed by atoms with Crippen molar-refractivity contribution in [2.45, 2.75) is 6.92 Å². The van der Waals surface area contributed by atoms with Crippen LogP contribution in [0.5, 0.6) is 0 Å². The minimum atomic E-state index is -0.185. The third kappa shape index (κ3) is 2.79. The Hall–Kier alpha value is -2.64. The molecule has 2 aromatic heterocycles. The lowest BCUT2D eigenvalue weighted by Crippen LogP contribution is -2.11. The predicted molar refractivity (Wildman–Crippen MR) is 97.7 cm³/mol. The second-order valence-corrected chi connectivity index (χ2v) is 6.99. The normalized spacial score (nSPS) is 10.9. The van der Waals surface area contributed by atoms with Crippen molar-refractivity contribution < 1.29 is 4.79 Å². The third-order valence-electron chi connectivity index (χ3n) is 3.54. The summed E-state index contributed by atoms with van der Waals surface area (Å²) in [7, 11) is 0. The molecule has 0 saturated heterocycles. The molecular formula is C17H12N4OS2. The van der Waals surface area contributed by atoms with E-state index in [4.69, 9.17) is 0 Å². The first-order valence-electron chi connectivity index (χ1n) is 7.27. The summed E-state index contributed by atoms with van der Waals surface area (Å²) in [5.74, 6) is -0.185. The number of rotatable bonds is 3. The van der Waals surface area contributed by atoms with Gasteiger partial charge in [-0.15, -0.1) is 16.4 Å². The fourth-order valence-corrected chi connectivity index (χ4v) is 3.84. The van der Waals surface area contributed by atoms with Crippen molar-refractivity contribution >= 4 is 44.7 Å². The Balaban J connectivity index is 1.56. The Morgan fingerprint density at radius 2 is 1.88 bits per heavy atom. The molecule has 1 N–H and O–H groups in total. The molecule has 7 heteroatoms. The zero-order valence-electron chi connectivity index (χ0n) is 12.7. The standard InChI is InChI=1S/C17H12N4OS2/c1-10-15(24-21-20-10)16(22)18-12-8-6-11(7-9-12)17-19-13-4-2-3-5-14(13)23-17/h2-9H,1H3,(H,18,22). The van der Waals surface area contributed by atoms with Gasteiger partial charge in [-0.3, -0.25) is 4.79 Å². The van der Waals surface area contributed by atoms with E-state index in [1.165, 1.54) is 0 Å². The van der Waals surface area contributed by atoms with E-state index >= 15 is 0 Å². The van der Waals surface area contributed by atoms with E-state index in [0.717, 1.165) is 38.0 Å². The lowest BCUT2D eigenvalue weighted by Gasteiger charge is -2.04. The number of hydrogen-bond acceptors (Lipinski definition) is 6. The van der Waals surface area contributed by atoms with Crippen LogP contribution in [0.2, 0.25) is 0 Å². The number of carbonyl (C=O) groups is 1. The Labute approximate surface area is 146 Å². The van der Waals surface area contributed by atoms with Crippen molar-refractivity contribution in [1.82, 2.24) is 14.6 Å². The molecule has 2 heterocycles. The number of thiazole rings is 1. The Morgan fingerprint density at radius 1 is 1.08 bits per heavy atom. The molecular weight excluding hydrogens is 340 g/mol. The molecule has 4 rings (SSSR count). The highest BCUT2D eigenvalue weighted by Gasteiger charge is 2.13. The number of benzene rings is 2. The van der Waals surface area contributed by atoms with Gasteiger partial charge in [-0.1, -0.05) is 16.6 Å². The summed E-state index contributed by atoms with van der Waals surface area (Å²) in [6, 6.07) is 15.8. The summed E-state index contributed by atoms with van der Waals surface area (Å²) < 4.78 is 4.95. The number of amides is 1. The van der Waals surface area contributed by atoms with Gasteiger partial charge in [0.05, 0.1) is 15.9 Å². The van der Waals surface area contributed by atoms with Crippen LogP contribution < -0.4 is 5.32 Å². The van der Waals surface area contributed by atoms with E-state index in [0.29, 0.717) is 10.6 Å². The molecule has 0 saturated carbocycles. The Kier molecular flexibility index (Phi) is 3.79. The maximum Gasteiger partial charge on any atom is 0.269 e. The molecule has 0 radical (unpaired) electrons. The average molecular weight is 352 g/mol. The van der Waals surface area contributed by atoms with Gasteiger partial charge in [0.15, 0.2) is 0 Å². The summed E-state index contributed by atoms with van der Waals surface area (Å²) in [4.78, 5) is 17.4. The molecule has 0 unspecified atom stereocenters. The molecule has 0 aliphatic carbocycles. The van der Waals surface area contributed by atoms with E-state index in [-0.39, 0.29) is 5.91 Å². The number of aryl methyl sites for hydroxylation is 1. The molecule has 0 fully saturated rings. The zero-order valence-corrected chi connectivity index (χ0v) is 14.3. The summed E-state index contributed by atoms with van der Waals surface area (Å²) in [5.41, 5.74) is 3.41. The SMILES string of the molecule is Cc1nnsc1C(=O)Nc1ccc(-c2nc3ccccc3s2)cc1. The first kappa shape index (κ1) is 14.9. The molecule has 5 nitrogen and oxygen atoms in total. The number of hydrogen-bond donors (Lipinski definition) is 1. The molecule has 0 aliphatic heterocycles. The minimum absolute atomic E-state index is 0.185. The fraction of sp³-hybridized carbons (Fsp3) is 0.0588. The van der Waals surface area contributed by atoms with E-state index in [9.17, 15) is 4.79 Å². The highest BCUT2D eigenvalue weighted by Crippen LogP contribution is 2.30. The summed E-state index contributed by atoms with van der Waals surface area (Å²) in [5, 5.41) is 7.69. The number of nitrogens with zero attached hydrogens (tertiary/aromatic N) is 3. The number of carbonyl (C=O) groups excluding carboxylic acids is 1. The van der Waals surface area contributed by atoms with Crippen LogP contribution in [0, 0.1) is 6.92 Å². The van der Waals surface area contributed by atoms with Crippen molar-refractivity contribution in [1.29, 1.82) is 0 Å². The van der Waals surface area contributed by atoms with Gasteiger partial charge in [0.25, 0.3) is 5.91 Å². The second-order valence-electron chi connectivity index (χ2n) is 5.21. The van der Waals surface area contributed by atoms with Crippen LogP contribution in [-0.4, -0.2) is 20.5 Å². The van der Waals surface area contributed by atoms with Gasteiger partial charge in [0, 0.05) is 11.3 Å². The van der Waals surface area contributed by atoms with Gasteiger partial charge >= 0.3 is 0 Å². The minimum Gasteiger partial charge on any atom is -0.321 e. The molecule has 24 heavy (non-hydrogen) atoms. The molecule has 2 aromatic carbocycles. The van der Waals surface area contributed by atoms with Crippen LogP contribution in [0.1, 0.15) is 15.4 Å². The Bertz CT molecular complexity index is 987. The first-order chi connectivity index (χ1) is 11.7. The van der Waals surface area contributed by atoms with Crippen LogP contribution in [0.15, 0.2) is 48.5 Å². The molecule has 118 valence electrons. The highest BCUT2D eigenvalue weighted by molar-refractivity contribution is 7.21. The van der Waals surface area contributed by atoms with Crippen molar-refractivity contribution in [2.24, 2.45) is 0 Å². The Morgan fingerprint density at radius 3 is 2.58 bits per heavy atom. The lowest BCUT2D eigenvalue weighted by atomic mass is 10.2. The number of aromatic nitrogens is 3. The quantitative estimate of drug-likeness (QED) is 0.594. The van der Waals surface area contributed by atoms with E-state index in [2.05, 4.69) is 26.0 Å². The van der Waals surface area contributed by atoms with Crippen LogP contribution in [0.25, 0.3) is 20.8 Å². The first-order valence-corrected chi connectivity index (χ1v) is 8.86.